The Hall–Kier alpha value is -1.81. The second-order valence-electron chi connectivity index (χ2n) is 5.37. The lowest BCUT2D eigenvalue weighted by Gasteiger charge is -2.18. The molecule has 1 aromatic carbocycles. The molecule has 0 fully saturated rings. The highest BCUT2D eigenvalue weighted by Gasteiger charge is 2.23. The van der Waals surface area contributed by atoms with Gasteiger partial charge >= 0.3 is 0 Å². The van der Waals surface area contributed by atoms with E-state index in [0.717, 1.165) is 5.56 Å². The Morgan fingerprint density at radius 3 is 2.32 bits per heavy atom. The smallest absolute Gasteiger partial charge is 0.258 e. The fourth-order valence-electron chi connectivity index (χ4n) is 2.44. The van der Waals surface area contributed by atoms with E-state index in [1.165, 1.54) is 5.56 Å². The van der Waals surface area contributed by atoms with E-state index in [1.54, 1.807) is 9.58 Å². The number of halogens is 1. The quantitative estimate of drug-likeness (QED) is 0.843. The number of aromatic nitrogens is 2. The van der Waals surface area contributed by atoms with Gasteiger partial charge < -0.3 is 4.90 Å². The highest BCUT2D eigenvalue weighted by Crippen LogP contribution is 2.22. The summed E-state index contributed by atoms with van der Waals surface area (Å²) in [7, 11) is 0. The summed E-state index contributed by atoms with van der Waals surface area (Å²) < 4.78 is 1.69. The van der Waals surface area contributed by atoms with Gasteiger partial charge in [0.15, 0.2) is 0 Å². The third kappa shape index (κ3) is 3.33. The van der Waals surface area contributed by atoms with Crippen LogP contribution in [0, 0.1) is 13.8 Å². The van der Waals surface area contributed by atoms with Crippen LogP contribution in [0.15, 0.2) is 24.3 Å². The summed E-state index contributed by atoms with van der Waals surface area (Å²) in [6.45, 7) is 9.68. The van der Waals surface area contributed by atoms with E-state index in [-0.39, 0.29) is 5.91 Å². The van der Waals surface area contributed by atoms with E-state index in [1.807, 2.05) is 20.8 Å². The number of hydrogen-bond acceptors (Lipinski definition) is 2. The van der Waals surface area contributed by atoms with Crippen molar-refractivity contribution in [3.63, 3.8) is 0 Å². The van der Waals surface area contributed by atoms with Gasteiger partial charge in [-0.1, -0.05) is 41.4 Å². The van der Waals surface area contributed by atoms with E-state index < -0.39 is 0 Å². The zero-order valence-corrected chi connectivity index (χ0v) is 14.3. The summed E-state index contributed by atoms with van der Waals surface area (Å²) in [4.78, 5) is 14.3. The van der Waals surface area contributed by atoms with Gasteiger partial charge in [-0.15, -0.1) is 0 Å². The first-order valence-electron chi connectivity index (χ1n) is 7.55. The van der Waals surface area contributed by atoms with Crippen LogP contribution in [0.1, 0.15) is 41.0 Å². The summed E-state index contributed by atoms with van der Waals surface area (Å²) in [5.74, 6) is -0.0531. The summed E-state index contributed by atoms with van der Waals surface area (Å²) in [6, 6.07) is 8.21. The highest BCUT2D eigenvalue weighted by atomic mass is 35.5. The van der Waals surface area contributed by atoms with Crippen LogP contribution in [0.2, 0.25) is 5.15 Å². The van der Waals surface area contributed by atoms with Gasteiger partial charge in [-0.2, -0.15) is 5.10 Å². The van der Waals surface area contributed by atoms with E-state index in [4.69, 9.17) is 11.6 Å². The van der Waals surface area contributed by atoms with Gasteiger partial charge in [0.25, 0.3) is 5.91 Å². The Labute approximate surface area is 136 Å². The molecule has 118 valence electrons. The Morgan fingerprint density at radius 2 is 1.77 bits per heavy atom. The number of aryl methyl sites for hydroxylation is 2. The molecule has 2 aromatic rings. The molecule has 1 heterocycles. The zero-order valence-electron chi connectivity index (χ0n) is 13.6. The lowest BCUT2D eigenvalue weighted by molar-refractivity contribution is 0.0772. The first-order chi connectivity index (χ1) is 10.5. The van der Waals surface area contributed by atoms with Gasteiger partial charge in [-0.25, -0.2) is 4.68 Å². The normalized spacial score (nSPS) is 10.8. The van der Waals surface area contributed by atoms with E-state index in [0.29, 0.717) is 36.0 Å². The van der Waals surface area contributed by atoms with Crippen molar-refractivity contribution in [3.8, 4) is 0 Å². The molecule has 0 bridgehead atoms. The lowest BCUT2D eigenvalue weighted by atomic mass is 10.1. The molecule has 0 saturated carbocycles. The molecule has 0 saturated heterocycles. The minimum atomic E-state index is -0.0531. The van der Waals surface area contributed by atoms with Crippen molar-refractivity contribution in [2.45, 2.75) is 34.2 Å². The van der Waals surface area contributed by atoms with Crippen molar-refractivity contribution in [1.82, 2.24) is 14.7 Å². The molecule has 1 aromatic heterocycles. The molecule has 4 nitrogen and oxygen atoms in total. The van der Waals surface area contributed by atoms with Crippen LogP contribution in [0.5, 0.6) is 0 Å². The summed E-state index contributed by atoms with van der Waals surface area (Å²) >= 11 is 6.42. The number of rotatable bonds is 5. The van der Waals surface area contributed by atoms with Crippen LogP contribution < -0.4 is 0 Å². The molecule has 0 radical (unpaired) electrons. The van der Waals surface area contributed by atoms with E-state index >= 15 is 0 Å². The number of carbonyl (C=O) groups excluding carboxylic acids is 1. The fourth-order valence-corrected chi connectivity index (χ4v) is 2.75. The molecule has 1 amide bonds. The van der Waals surface area contributed by atoms with Gasteiger partial charge in [0.2, 0.25) is 0 Å². The monoisotopic (exact) mass is 319 g/mol. The Morgan fingerprint density at radius 1 is 1.18 bits per heavy atom. The largest absolute Gasteiger partial charge is 0.339 e. The summed E-state index contributed by atoms with van der Waals surface area (Å²) in [5.41, 5.74) is 3.51. The van der Waals surface area contributed by atoms with Crippen molar-refractivity contribution in [3.05, 3.63) is 51.8 Å². The number of benzene rings is 1. The third-order valence-electron chi connectivity index (χ3n) is 3.78. The first-order valence-corrected chi connectivity index (χ1v) is 7.93. The van der Waals surface area contributed by atoms with Crippen molar-refractivity contribution < 1.29 is 4.79 Å². The average Bonchev–Trinajstić information content (AvgIpc) is 2.77. The van der Waals surface area contributed by atoms with Crippen LogP contribution in [0.3, 0.4) is 0 Å². The summed E-state index contributed by atoms with van der Waals surface area (Å²) in [6.07, 6.45) is 0. The number of hydrogen-bond donors (Lipinski definition) is 0. The molecule has 0 atom stereocenters. The number of amides is 1. The van der Waals surface area contributed by atoms with Gasteiger partial charge in [0.1, 0.15) is 5.15 Å². The second-order valence-corrected chi connectivity index (χ2v) is 5.73. The predicted molar refractivity (Wildman–Crippen MR) is 89.5 cm³/mol. The average molecular weight is 320 g/mol. The van der Waals surface area contributed by atoms with Crippen molar-refractivity contribution in [2.24, 2.45) is 0 Å². The highest BCUT2D eigenvalue weighted by molar-refractivity contribution is 6.33. The molecule has 5 heteroatoms. The van der Waals surface area contributed by atoms with Crippen LogP contribution in [0.4, 0.5) is 0 Å². The Balaban J connectivity index is 2.30. The topological polar surface area (TPSA) is 38.1 Å². The standard InChI is InChI=1S/C17H22ClN3O/c1-5-20(6-2)17(22)15-13(4)19-21(16(15)18)11-14-9-7-12(3)8-10-14/h7-10H,5-6,11H2,1-4H3. The van der Waals surface area contributed by atoms with Crippen LogP contribution in [-0.2, 0) is 6.54 Å². The maximum absolute atomic E-state index is 12.5. The fraction of sp³-hybridized carbons (Fsp3) is 0.412. The number of carbonyl (C=O) groups is 1. The third-order valence-corrected chi connectivity index (χ3v) is 4.17. The van der Waals surface area contributed by atoms with Crippen molar-refractivity contribution >= 4 is 17.5 Å². The van der Waals surface area contributed by atoms with Gasteiger partial charge in [-0.05, 0) is 33.3 Å². The number of nitrogens with zero attached hydrogens (tertiary/aromatic N) is 3. The second kappa shape index (κ2) is 6.97. The van der Waals surface area contributed by atoms with Crippen LogP contribution in [0.25, 0.3) is 0 Å². The molecule has 0 aliphatic carbocycles. The van der Waals surface area contributed by atoms with Crippen LogP contribution >= 0.6 is 11.6 Å². The maximum atomic E-state index is 12.5. The van der Waals surface area contributed by atoms with Crippen LogP contribution in [-0.4, -0.2) is 33.7 Å². The van der Waals surface area contributed by atoms with Crippen molar-refractivity contribution in [1.29, 1.82) is 0 Å². The molecule has 2 rings (SSSR count). The van der Waals surface area contributed by atoms with Gasteiger partial charge in [-0.3, -0.25) is 4.79 Å². The molecule has 22 heavy (non-hydrogen) atoms. The first kappa shape index (κ1) is 16.6. The Bertz CT molecular complexity index is 657. The van der Waals surface area contributed by atoms with E-state index in [9.17, 15) is 4.79 Å². The predicted octanol–water partition coefficient (Wildman–Crippen LogP) is 3.68. The minimum absolute atomic E-state index is 0.0531. The molecule has 0 aliphatic rings. The SMILES string of the molecule is CCN(CC)C(=O)c1c(C)nn(Cc2ccc(C)cc2)c1Cl. The molecule has 0 spiro atoms. The molecule has 0 unspecified atom stereocenters. The lowest BCUT2D eigenvalue weighted by Crippen LogP contribution is -2.30. The molecule has 0 aliphatic heterocycles. The van der Waals surface area contributed by atoms with Crippen molar-refractivity contribution in [2.75, 3.05) is 13.1 Å². The molecular formula is C17H22ClN3O. The molecule has 0 N–H and O–H groups in total. The maximum Gasteiger partial charge on any atom is 0.258 e. The van der Waals surface area contributed by atoms with Gasteiger partial charge in [0, 0.05) is 13.1 Å². The molecular weight excluding hydrogens is 298 g/mol. The summed E-state index contributed by atoms with van der Waals surface area (Å²) in [5, 5.41) is 4.85. The Kier molecular flexibility index (Phi) is 5.24. The zero-order chi connectivity index (χ0) is 16.3. The van der Waals surface area contributed by atoms with E-state index in [2.05, 4.69) is 36.3 Å². The van der Waals surface area contributed by atoms with Gasteiger partial charge in [0.05, 0.1) is 17.8 Å². The minimum Gasteiger partial charge on any atom is -0.339 e.